The molecule has 0 radical (unpaired) electrons. The molecule has 3 aromatic carbocycles. The third kappa shape index (κ3) is 7.01. The molecule has 2 atom stereocenters. The van der Waals surface area contributed by atoms with Crippen LogP contribution >= 0.6 is 0 Å². The average molecular weight is 527 g/mol. The van der Waals surface area contributed by atoms with E-state index in [2.05, 4.69) is 29.2 Å². The molecule has 0 aromatic heterocycles. The van der Waals surface area contributed by atoms with Crippen LogP contribution in [0.25, 0.3) is 0 Å². The largest absolute Gasteiger partial charge is 0.416 e. The molecule has 7 heteroatoms. The molecule has 1 aliphatic rings. The maximum absolute atomic E-state index is 13.5. The number of hydrogen-bond acceptors (Lipinski definition) is 2. The highest BCUT2D eigenvalue weighted by Crippen LogP contribution is 2.37. The molecule has 4 rings (SSSR count). The summed E-state index contributed by atoms with van der Waals surface area (Å²) in [5, 5.41) is 0. The zero-order valence-electron chi connectivity index (χ0n) is 22.0. The summed E-state index contributed by atoms with van der Waals surface area (Å²) in [4.78, 5) is 17.5. The van der Waals surface area contributed by atoms with E-state index in [4.69, 9.17) is 0 Å². The Balaban J connectivity index is 1.63. The predicted octanol–water partition coefficient (Wildman–Crippen LogP) is 7.17. The molecule has 1 saturated heterocycles. The lowest BCUT2D eigenvalue weighted by molar-refractivity contribution is -0.137. The number of carbonyl (C=O) groups excluding carboxylic acids is 1. The van der Waals surface area contributed by atoms with Gasteiger partial charge in [-0.2, -0.15) is 13.2 Å². The van der Waals surface area contributed by atoms with Gasteiger partial charge in [0.05, 0.1) is 5.56 Å². The Hall–Kier alpha value is -3.19. The van der Waals surface area contributed by atoms with Crippen molar-refractivity contribution in [2.24, 2.45) is 11.8 Å². The van der Waals surface area contributed by atoms with E-state index in [0.29, 0.717) is 43.9 Å². The molecule has 0 bridgehead atoms. The van der Waals surface area contributed by atoms with Crippen LogP contribution in [-0.2, 0) is 12.7 Å². The first-order valence-electron chi connectivity index (χ1n) is 13.0. The van der Waals surface area contributed by atoms with Gasteiger partial charge in [0, 0.05) is 44.2 Å². The van der Waals surface area contributed by atoms with Gasteiger partial charge in [-0.25, -0.2) is 4.39 Å². The van der Waals surface area contributed by atoms with Crippen molar-refractivity contribution in [2.75, 3.05) is 26.2 Å². The number of carbonyl (C=O) groups is 1. The van der Waals surface area contributed by atoms with Gasteiger partial charge in [-0.05, 0) is 60.2 Å². The Kier molecular flexibility index (Phi) is 8.56. The van der Waals surface area contributed by atoms with Crippen LogP contribution < -0.4 is 0 Å². The summed E-state index contributed by atoms with van der Waals surface area (Å²) < 4.78 is 54.1. The van der Waals surface area contributed by atoms with Crippen molar-refractivity contribution in [2.45, 2.75) is 39.4 Å². The summed E-state index contributed by atoms with van der Waals surface area (Å²) >= 11 is 0. The normalized spacial score (nSPS) is 18.2. The van der Waals surface area contributed by atoms with Gasteiger partial charge in [0.1, 0.15) is 5.82 Å². The summed E-state index contributed by atoms with van der Waals surface area (Å²) in [6.07, 6.45) is -4.42. The van der Waals surface area contributed by atoms with Crippen LogP contribution in [0.5, 0.6) is 0 Å². The minimum atomic E-state index is -4.42. The van der Waals surface area contributed by atoms with E-state index in [-0.39, 0.29) is 23.7 Å². The third-order valence-corrected chi connectivity index (χ3v) is 7.10. The predicted molar refractivity (Wildman–Crippen MR) is 141 cm³/mol. The van der Waals surface area contributed by atoms with Gasteiger partial charge in [0.15, 0.2) is 0 Å². The van der Waals surface area contributed by atoms with E-state index < -0.39 is 17.6 Å². The number of aryl methyl sites for hydroxylation is 1. The molecule has 38 heavy (non-hydrogen) atoms. The maximum atomic E-state index is 13.5. The monoisotopic (exact) mass is 526 g/mol. The van der Waals surface area contributed by atoms with Gasteiger partial charge < -0.3 is 4.90 Å². The van der Waals surface area contributed by atoms with Crippen LogP contribution in [0.3, 0.4) is 0 Å². The number of amides is 1. The smallest absolute Gasteiger partial charge is 0.338 e. The number of alkyl halides is 3. The number of benzene rings is 3. The average Bonchev–Trinajstić information content (AvgIpc) is 3.26. The molecule has 1 amide bonds. The number of halogens is 4. The molecule has 3 nitrogen and oxygen atoms in total. The highest BCUT2D eigenvalue weighted by Gasteiger charge is 2.38. The Bertz CT molecular complexity index is 1220. The lowest BCUT2D eigenvalue weighted by Gasteiger charge is -2.30. The van der Waals surface area contributed by atoms with Crippen LogP contribution in [0, 0.1) is 24.6 Å². The van der Waals surface area contributed by atoms with Crippen molar-refractivity contribution in [3.8, 4) is 0 Å². The van der Waals surface area contributed by atoms with Gasteiger partial charge in [-0.1, -0.05) is 61.9 Å². The quantitative estimate of drug-likeness (QED) is 0.291. The number of nitrogens with zero attached hydrogens (tertiary/aromatic N) is 2. The summed E-state index contributed by atoms with van der Waals surface area (Å²) in [6.45, 7) is 8.91. The second-order valence-electron chi connectivity index (χ2n) is 10.8. The molecule has 1 fully saturated rings. The molecule has 3 aromatic rings. The molecule has 1 aliphatic heterocycles. The van der Waals surface area contributed by atoms with E-state index in [9.17, 15) is 22.4 Å². The molecule has 0 N–H and O–H groups in total. The maximum Gasteiger partial charge on any atom is 0.416 e. The van der Waals surface area contributed by atoms with Crippen molar-refractivity contribution < 1.29 is 22.4 Å². The van der Waals surface area contributed by atoms with E-state index in [1.54, 1.807) is 11.0 Å². The fraction of sp³-hybridized carbons (Fsp3) is 0.387. The van der Waals surface area contributed by atoms with Gasteiger partial charge in [-0.15, -0.1) is 0 Å². The second-order valence-corrected chi connectivity index (χ2v) is 10.8. The molecule has 1 heterocycles. The van der Waals surface area contributed by atoms with Crippen LogP contribution in [0.15, 0.2) is 72.8 Å². The summed E-state index contributed by atoms with van der Waals surface area (Å²) in [5.41, 5.74) is 2.68. The Morgan fingerprint density at radius 3 is 2.32 bits per heavy atom. The van der Waals surface area contributed by atoms with E-state index in [1.807, 2.05) is 20.8 Å². The fourth-order valence-electron chi connectivity index (χ4n) is 5.29. The lowest BCUT2D eigenvalue weighted by Crippen LogP contribution is -2.39. The molecule has 0 unspecified atom stereocenters. The first kappa shape index (κ1) is 27.8. The van der Waals surface area contributed by atoms with E-state index in [1.165, 1.54) is 42.0 Å². The topological polar surface area (TPSA) is 23.6 Å². The first-order valence-corrected chi connectivity index (χ1v) is 13.0. The minimum Gasteiger partial charge on any atom is -0.338 e. The SMILES string of the molecule is Cc1ccc(CN2C[C@@H](CN(CC(C)C)C(=O)c3ccc(F)cc3)[C@H](c3cccc(C(F)(F)F)c3)C2)cc1. The molecular formula is C31H34F4N2O. The number of likely N-dealkylation sites (tertiary alicyclic amines) is 1. The highest BCUT2D eigenvalue weighted by atomic mass is 19.4. The van der Waals surface area contributed by atoms with Gasteiger partial charge in [0.2, 0.25) is 0 Å². The summed E-state index contributed by atoms with van der Waals surface area (Å²) in [7, 11) is 0. The number of hydrogen-bond donors (Lipinski definition) is 0. The minimum absolute atomic E-state index is 0.0629. The summed E-state index contributed by atoms with van der Waals surface area (Å²) in [6, 6.07) is 19.3. The van der Waals surface area contributed by atoms with Crippen molar-refractivity contribution in [3.63, 3.8) is 0 Å². The zero-order chi connectivity index (χ0) is 27.4. The molecule has 0 saturated carbocycles. The fourth-order valence-corrected chi connectivity index (χ4v) is 5.29. The Morgan fingerprint density at radius 2 is 1.68 bits per heavy atom. The van der Waals surface area contributed by atoms with Crippen LogP contribution in [0.4, 0.5) is 17.6 Å². The van der Waals surface area contributed by atoms with Crippen LogP contribution in [0.1, 0.15) is 52.4 Å². The lowest BCUT2D eigenvalue weighted by atomic mass is 9.87. The van der Waals surface area contributed by atoms with E-state index >= 15 is 0 Å². The Labute approximate surface area is 222 Å². The molecular weight excluding hydrogens is 492 g/mol. The molecule has 0 spiro atoms. The second kappa shape index (κ2) is 11.7. The standard InChI is InChI=1S/C31H34F4N2O/c1-21(2)16-37(30(38)24-11-13-28(32)14-12-24)19-26-18-36(17-23-9-7-22(3)8-10-23)20-29(26)25-5-4-6-27(15-25)31(33,34)35/h4-15,21,26,29H,16-20H2,1-3H3/t26-,29-/m0/s1. The van der Waals surface area contributed by atoms with Crippen molar-refractivity contribution in [1.82, 2.24) is 9.80 Å². The van der Waals surface area contributed by atoms with Crippen molar-refractivity contribution in [1.29, 1.82) is 0 Å². The van der Waals surface area contributed by atoms with Crippen molar-refractivity contribution >= 4 is 5.91 Å². The Morgan fingerprint density at radius 1 is 1.00 bits per heavy atom. The van der Waals surface area contributed by atoms with Crippen LogP contribution in [-0.4, -0.2) is 41.9 Å². The van der Waals surface area contributed by atoms with Gasteiger partial charge >= 0.3 is 6.18 Å². The van der Waals surface area contributed by atoms with Gasteiger partial charge in [-0.3, -0.25) is 9.69 Å². The third-order valence-electron chi connectivity index (χ3n) is 7.10. The van der Waals surface area contributed by atoms with Crippen molar-refractivity contribution in [3.05, 3.63) is 106 Å². The van der Waals surface area contributed by atoms with Gasteiger partial charge in [0.25, 0.3) is 5.91 Å². The molecule has 0 aliphatic carbocycles. The van der Waals surface area contributed by atoms with E-state index in [0.717, 1.165) is 11.6 Å². The zero-order valence-corrected chi connectivity index (χ0v) is 22.0. The number of rotatable bonds is 8. The highest BCUT2D eigenvalue weighted by molar-refractivity contribution is 5.94. The summed E-state index contributed by atoms with van der Waals surface area (Å²) in [5.74, 6) is -0.649. The molecule has 202 valence electrons. The first-order chi connectivity index (χ1) is 18.0. The van der Waals surface area contributed by atoms with Crippen LogP contribution in [0.2, 0.25) is 0 Å².